The van der Waals surface area contributed by atoms with E-state index in [1.54, 1.807) is 29.5 Å². The van der Waals surface area contributed by atoms with Crippen LogP contribution in [0.1, 0.15) is 10.4 Å². The summed E-state index contributed by atoms with van der Waals surface area (Å²) in [5.41, 5.74) is 1.66. The number of thiophene rings is 1. The van der Waals surface area contributed by atoms with Crippen molar-refractivity contribution in [2.75, 3.05) is 11.9 Å². The minimum Gasteiger partial charge on any atom is -0.344 e. The topological polar surface area (TPSA) is 15.3 Å². The number of hydrogen-bond donors (Lipinski definition) is 1. The average molecular weight is 371 g/mol. The highest BCUT2D eigenvalue weighted by Crippen LogP contribution is 2.17. The molecule has 0 aliphatic rings. The van der Waals surface area contributed by atoms with E-state index in [0.29, 0.717) is 17.3 Å². The Balaban J connectivity index is 1.70. The van der Waals surface area contributed by atoms with Gasteiger partial charge in [-0.1, -0.05) is 48.5 Å². The Morgan fingerprint density at radius 1 is 1.00 bits per heavy atom. The Hall–Kier alpha value is -2.24. The van der Waals surface area contributed by atoms with Crippen LogP contribution in [0.15, 0.2) is 72.1 Å². The summed E-state index contributed by atoms with van der Waals surface area (Å²) >= 11 is 7.26. The molecule has 3 rings (SSSR count). The van der Waals surface area contributed by atoms with Gasteiger partial charge in [0.1, 0.15) is 5.82 Å². The zero-order valence-electron chi connectivity index (χ0n) is 13.7. The summed E-state index contributed by atoms with van der Waals surface area (Å²) in [6.45, 7) is 1.48. The highest BCUT2D eigenvalue weighted by molar-refractivity contribution is 7.80. The Labute approximate surface area is 156 Å². The molecule has 1 aromatic heterocycles. The van der Waals surface area contributed by atoms with E-state index in [1.165, 1.54) is 16.5 Å². The second kappa shape index (κ2) is 8.74. The average Bonchev–Trinajstić information content (AvgIpc) is 3.14. The maximum Gasteiger partial charge on any atom is 0.173 e. The molecule has 0 spiro atoms. The van der Waals surface area contributed by atoms with Crippen LogP contribution in [-0.4, -0.2) is 16.6 Å². The van der Waals surface area contributed by atoms with E-state index in [9.17, 15) is 4.39 Å². The lowest BCUT2D eigenvalue weighted by atomic mass is 10.1. The van der Waals surface area contributed by atoms with E-state index in [-0.39, 0.29) is 5.82 Å². The van der Waals surface area contributed by atoms with E-state index in [1.807, 2.05) is 24.3 Å². The smallest absolute Gasteiger partial charge is 0.173 e. The molecule has 1 heterocycles. The molecule has 0 saturated heterocycles. The SMILES string of the molecule is Fc1ccccc1NC(=S)N(CCc1ccccc1)Cc1cccs1. The van der Waals surface area contributed by atoms with Gasteiger partial charge in [-0.2, -0.15) is 0 Å². The quantitative estimate of drug-likeness (QED) is 0.591. The molecule has 3 aromatic rings. The fourth-order valence-electron chi connectivity index (χ4n) is 2.51. The molecule has 0 bridgehead atoms. The van der Waals surface area contributed by atoms with Crippen LogP contribution in [0.25, 0.3) is 0 Å². The number of nitrogens with one attached hydrogen (secondary N) is 1. The summed E-state index contributed by atoms with van der Waals surface area (Å²) in [5, 5.41) is 5.64. The van der Waals surface area contributed by atoms with E-state index in [0.717, 1.165) is 13.0 Å². The molecule has 5 heteroatoms. The molecule has 0 saturated carbocycles. The second-order valence-electron chi connectivity index (χ2n) is 5.65. The molecule has 2 nitrogen and oxygen atoms in total. The van der Waals surface area contributed by atoms with Crippen LogP contribution < -0.4 is 5.32 Å². The Kier molecular flexibility index (Phi) is 6.14. The number of halogens is 1. The maximum atomic E-state index is 13.9. The van der Waals surface area contributed by atoms with Gasteiger partial charge in [0.15, 0.2) is 5.11 Å². The van der Waals surface area contributed by atoms with Crippen LogP contribution in [0.5, 0.6) is 0 Å². The van der Waals surface area contributed by atoms with Crippen molar-refractivity contribution in [3.05, 3.63) is 88.4 Å². The summed E-state index contributed by atoms with van der Waals surface area (Å²) < 4.78 is 13.9. The zero-order valence-corrected chi connectivity index (χ0v) is 15.3. The lowest BCUT2D eigenvalue weighted by molar-refractivity contribution is 0.426. The highest BCUT2D eigenvalue weighted by atomic mass is 32.1. The minimum absolute atomic E-state index is 0.302. The summed E-state index contributed by atoms with van der Waals surface area (Å²) in [5.74, 6) is -0.302. The van der Waals surface area contributed by atoms with Crippen molar-refractivity contribution >= 4 is 34.4 Å². The van der Waals surface area contributed by atoms with Crippen molar-refractivity contribution < 1.29 is 4.39 Å². The lowest BCUT2D eigenvalue weighted by Crippen LogP contribution is -2.35. The third kappa shape index (κ3) is 5.11. The molecule has 25 heavy (non-hydrogen) atoms. The summed E-state index contributed by atoms with van der Waals surface area (Å²) in [7, 11) is 0. The largest absolute Gasteiger partial charge is 0.344 e. The van der Waals surface area contributed by atoms with Crippen LogP contribution >= 0.6 is 23.6 Å². The first kappa shape index (κ1) is 17.6. The van der Waals surface area contributed by atoms with Gasteiger partial charge in [-0.05, 0) is 47.8 Å². The third-order valence-corrected chi connectivity index (χ3v) is 5.06. The molecule has 0 fully saturated rings. The zero-order chi connectivity index (χ0) is 17.5. The first-order valence-corrected chi connectivity index (χ1v) is 9.38. The molecule has 2 aromatic carbocycles. The van der Waals surface area contributed by atoms with Crippen molar-refractivity contribution in [3.8, 4) is 0 Å². The molecule has 128 valence electrons. The third-order valence-electron chi connectivity index (χ3n) is 3.84. The Morgan fingerprint density at radius 3 is 2.48 bits per heavy atom. The van der Waals surface area contributed by atoms with E-state index in [4.69, 9.17) is 12.2 Å². The van der Waals surface area contributed by atoms with E-state index in [2.05, 4.69) is 33.8 Å². The van der Waals surface area contributed by atoms with Gasteiger partial charge in [-0.25, -0.2) is 4.39 Å². The Morgan fingerprint density at radius 2 is 1.76 bits per heavy atom. The molecule has 0 atom stereocenters. The van der Waals surface area contributed by atoms with Crippen LogP contribution in [0.2, 0.25) is 0 Å². The van der Waals surface area contributed by atoms with Gasteiger partial charge in [-0.15, -0.1) is 11.3 Å². The van der Waals surface area contributed by atoms with Crippen LogP contribution in [0.4, 0.5) is 10.1 Å². The van der Waals surface area contributed by atoms with Gasteiger partial charge in [0.25, 0.3) is 0 Å². The van der Waals surface area contributed by atoms with Gasteiger partial charge in [0, 0.05) is 11.4 Å². The standard InChI is InChI=1S/C20H19FN2S2/c21-18-10-4-5-11-19(18)22-20(24)23(15-17-9-6-14-25-17)13-12-16-7-2-1-3-8-16/h1-11,14H,12-13,15H2,(H,22,24). The van der Waals surface area contributed by atoms with Crippen LogP contribution in [-0.2, 0) is 13.0 Å². The molecular weight excluding hydrogens is 351 g/mol. The number of nitrogens with zero attached hydrogens (tertiary/aromatic N) is 1. The van der Waals surface area contributed by atoms with Crippen molar-refractivity contribution in [2.24, 2.45) is 0 Å². The number of anilines is 1. The van der Waals surface area contributed by atoms with E-state index >= 15 is 0 Å². The molecule has 0 aliphatic heterocycles. The molecule has 0 radical (unpaired) electrons. The fraction of sp³-hybridized carbons (Fsp3) is 0.150. The molecule has 0 aliphatic carbocycles. The van der Waals surface area contributed by atoms with Crippen molar-refractivity contribution in [3.63, 3.8) is 0 Å². The fourth-order valence-corrected chi connectivity index (χ4v) is 3.49. The molecule has 1 N–H and O–H groups in total. The maximum absolute atomic E-state index is 13.9. The Bertz CT molecular complexity index is 804. The van der Waals surface area contributed by atoms with Crippen LogP contribution in [0.3, 0.4) is 0 Å². The van der Waals surface area contributed by atoms with Gasteiger partial charge >= 0.3 is 0 Å². The normalized spacial score (nSPS) is 10.4. The second-order valence-corrected chi connectivity index (χ2v) is 7.07. The summed E-state index contributed by atoms with van der Waals surface area (Å²) in [4.78, 5) is 3.31. The van der Waals surface area contributed by atoms with Gasteiger partial charge < -0.3 is 10.2 Å². The number of benzene rings is 2. The summed E-state index contributed by atoms with van der Waals surface area (Å²) in [6, 6.07) is 21.0. The monoisotopic (exact) mass is 370 g/mol. The highest BCUT2D eigenvalue weighted by Gasteiger charge is 2.13. The number of rotatable bonds is 6. The predicted octanol–water partition coefficient (Wildman–Crippen LogP) is 5.33. The first-order valence-electron chi connectivity index (χ1n) is 8.09. The molecular formula is C20H19FN2S2. The number of para-hydroxylation sites is 1. The number of thiocarbonyl (C=S) groups is 1. The van der Waals surface area contributed by atoms with E-state index < -0.39 is 0 Å². The van der Waals surface area contributed by atoms with Gasteiger partial charge in [0.2, 0.25) is 0 Å². The van der Waals surface area contributed by atoms with Gasteiger partial charge in [-0.3, -0.25) is 0 Å². The summed E-state index contributed by atoms with van der Waals surface area (Å²) in [6.07, 6.45) is 0.880. The number of hydrogen-bond acceptors (Lipinski definition) is 2. The lowest BCUT2D eigenvalue weighted by Gasteiger charge is -2.25. The van der Waals surface area contributed by atoms with Crippen molar-refractivity contribution in [1.82, 2.24) is 4.90 Å². The molecule has 0 amide bonds. The first-order chi connectivity index (χ1) is 12.2. The van der Waals surface area contributed by atoms with Crippen molar-refractivity contribution in [1.29, 1.82) is 0 Å². The van der Waals surface area contributed by atoms with Crippen molar-refractivity contribution in [2.45, 2.75) is 13.0 Å². The molecule has 0 unspecified atom stereocenters. The van der Waals surface area contributed by atoms with Gasteiger partial charge in [0.05, 0.1) is 12.2 Å². The van der Waals surface area contributed by atoms with Crippen LogP contribution in [0, 0.1) is 5.82 Å². The minimum atomic E-state index is -0.302. The predicted molar refractivity (Wildman–Crippen MR) is 107 cm³/mol.